The van der Waals surface area contributed by atoms with Crippen LogP contribution in [0.3, 0.4) is 0 Å². The Balaban J connectivity index is 1.77. The number of nitrogens with zero attached hydrogens (tertiary/aromatic N) is 2. The number of amides is 2. The zero-order chi connectivity index (χ0) is 22.3. The van der Waals surface area contributed by atoms with Gasteiger partial charge in [-0.05, 0) is 55.9 Å². The van der Waals surface area contributed by atoms with Crippen molar-refractivity contribution in [1.82, 2.24) is 9.88 Å². The quantitative estimate of drug-likeness (QED) is 0.666. The minimum atomic E-state index is -0.285. The van der Waals surface area contributed by atoms with Gasteiger partial charge in [-0.1, -0.05) is 49.8 Å². The van der Waals surface area contributed by atoms with Gasteiger partial charge in [0.1, 0.15) is 5.82 Å². The third-order valence-corrected chi connectivity index (χ3v) is 6.03. The summed E-state index contributed by atoms with van der Waals surface area (Å²) in [5.74, 6) is 0.481. The molecule has 1 aliphatic carbocycles. The van der Waals surface area contributed by atoms with Crippen molar-refractivity contribution < 1.29 is 9.59 Å². The van der Waals surface area contributed by atoms with E-state index in [1.54, 1.807) is 11.1 Å². The van der Waals surface area contributed by atoms with Crippen LogP contribution in [0.1, 0.15) is 56.2 Å². The molecule has 2 heterocycles. The van der Waals surface area contributed by atoms with Crippen LogP contribution in [-0.2, 0) is 4.79 Å². The molecule has 1 N–H and O–H groups in total. The molecular weight excluding hydrogens is 386 g/mol. The first-order chi connectivity index (χ1) is 14.6. The number of ketones is 1. The first kappa shape index (κ1) is 21.0. The number of nitrogens with one attached hydrogen (secondary N) is 1. The first-order valence-electron chi connectivity index (χ1n) is 10.7. The minimum Gasteiger partial charge on any atom is -0.294 e. The van der Waals surface area contributed by atoms with E-state index >= 15 is 0 Å². The van der Waals surface area contributed by atoms with Crippen molar-refractivity contribution in [3.8, 4) is 0 Å². The van der Waals surface area contributed by atoms with E-state index in [0.717, 1.165) is 28.1 Å². The highest BCUT2D eigenvalue weighted by atomic mass is 16.2. The number of rotatable bonds is 2. The molecule has 0 saturated carbocycles. The van der Waals surface area contributed by atoms with Crippen molar-refractivity contribution >= 4 is 17.6 Å². The van der Waals surface area contributed by atoms with Gasteiger partial charge in [-0.25, -0.2) is 9.78 Å². The Bertz CT molecular complexity index is 1110. The molecule has 4 rings (SSSR count). The summed E-state index contributed by atoms with van der Waals surface area (Å²) < 4.78 is 0. The van der Waals surface area contributed by atoms with Crippen LogP contribution in [0.25, 0.3) is 0 Å². The van der Waals surface area contributed by atoms with Crippen molar-refractivity contribution in [3.05, 3.63) is 82.3 Å². The van der Waals surface area contributed by atoms with Crippen LogP contribution in [0, 0.1) is 19.3 Å². The molecule has 1 unspecified atom stereocenters. The molecular formula is C26H29N3O2. The molecule has 1 aliphatic heterocycles. The molecule has 0 saturated heterocycles. The largest absolute Gasteiger partial charge is 0.331 e. The Labute approximate surface area is 183 Å². The van der Waals surface area contributed by atoms with Gasteiger partial charge in [0.05, 0.1) is 0 Å². The van der Waals surface area contributed by atoms with Crippen molar-refractivity contribution in [1.29, 1.82) is 0 Å². The van der Waals surface area contributed by atoms with E-state index < -0.39 is 0 Å². The van der Waals surface area contributed by atoms with E-state index in [-0.39, 0.29) is 23.1 Å². The molecule has 0 radical (unpaired) electrons. The summed E-state index contributed by atoms with van der Waals surface area (Å²) in [7, 11) is 0. The third-order valence-electron chi connectivity index (χ3n) is 6.03. The SMILES string of the molecule is CC1=CC(c2ccc(C)cc2)C2=C(CC(C)(C)CC2=O)N1C(=O)Nc1cc(C)ccn1. The molecule has 1 aromatic heterocycles. The fraction of sp³-hybridized carbons (Fsp3) is 0.346. The fourth-order valence-electron chi connectivity index (χ4n) is 4.56. The highest BCUT2D eigenvalue weighted by molar-refractivity contribution is 6.02. The summed E-state index contributed by atoms with van der Waals surface area (Å²) in [6.07, 6.45) is 4.85. The number of hydrogen-bond acceptors (Lipinski definition) is 3. The number of aromatic nitrogens is 1. The standard InChI is InChI=1S/C26H29N3O2/c1-16-6-8-19(9-7-16)20-13-18(3)29(21-14-26(4,5)15-22(30)24(20)21)25(31)28-23-12-17(2)10-11-27-23/h6-13,20H,14-15H2,1-5H3,(H,27,28,31). The predicted molar refractivity (Wildman–Crippen MR) is 123 cm³/mol. The van der Waals surface area contributed by atoms with E-state index in [0.29, 0.717) is 18.7 Å². The summed E-state index contributed by atoms with van der Waals surface area (Å²) >= 11 is 0. The predicted octanol–water partition coefficient (Wildman–Crippen LogP) is 5.88. The summed E-state index contributed by atoms with van der Waals surface area (Å²) in [5.41, 5.74) is 5.43. The van der Waals surface area contributed by atoms with Crippen LogP contribution < -0.4 is 5.32 Å². The second-order valence-corrected chi connectivity index (χ2v) is 9.48. The van der Waals surface area contributed by atoms with Gasteiger partial charge in [0.15, 0.2) is 5.78 Å². The second-order valence-electron chi connectivity index (χ2n) is 9.48. The molecule has 0 fully saturated rings. The number of Topliss-reactive ketones (excluding diaryl/α,β-unsaturated/α-hetero) is 1. The van der Waals surface area contributed by atoms with E-state index in [1.807, 2.05) is 32.1 Å². The van der Waals surface area contributed by atoms with Crippen molar-refractivity contribution in [2.75, 3.05) is 5.32 Å². The zero-order valence-corrected chi connectivity index (χ0v) is 18.8. The Morgan fingerprint density at radius 2 is 1.77 bits per heavy atom. The number of hydrogen-bond donors (Lipinski definition) is 1. The topological polar surface area (TPSA) is 62.3 Å². The maximum absolute atomic E-state index is 13.3. The lowest BCUT2D eigenvalue weighted by molar-refractivity contribution is -0.118. The molecule has 0 spiro atoms. The van der Waals surface area contributed by atoms with E-state index in [9.17, 15) is 9.59 Å². The van der Waals surface area contributed by atoms with Gasteiger partial charge >= 0.3 is 6.03 Å². The maximum atomic E-state index is 13.3. The van der Waals surface area contributed by atoms with Gasteiger partial charge in [0, 0.05) is 35.5 Å². The Hall–Kier alpha value is -3.21. The average molecular weight is 416 g/mol. The van der Waals surface area contributed by atoms with Crippen LogP contribution in [0.15, 0.2) is 65.6 Å². The van der Waals surface area contributed by atoms with Gasteiger partial charge < -0.3 is 0 Å². The lowest BCUT2D eigenvalue weighted by Crippen LogP contribution is -2.42. The number of anilines is 1. The van der Waals surface area contributed by atoms with Crippen molar-refractivity contribution in [3.63, 3.8) is 0 Å². The van der Waals surface area contributed by atoms with Gasteiger partial charge in [-0.15, -0.1) is 0 Å². The Morgan fingerprint density at radius 1 is 1.06 bits per heavy atom. The number of allylic oxidation sites excluding steroid dienone is 4. The molecule has 1 aromatic carbocycles. The summed E-state index contributed by atoms with van der Waals surface area (Å²) in [5, 5.41) is 2.91. The van der Waals surface area contributed by atoms with Crippen molar-refractivity contribution in [2.24, 2.45) is 5.41 Å². The highest BCUT2D eigenvalue weighted by Gasteiger charge is 2.42. The smallest absolute Gasteiger partial charge is 0.294 e. The number of carbonyl (C=O) groups is 2. The van der Waals surface area contributed by atoms with Crippen LogP contribution >= 0.6 is 0 Å². The highest BCUT2D eigenvalue weighted by Crippen LogP contribution is 2.47. The van der Waals surface area contributed by atoms with Crippen LogP contribution in [-0.4, -0.2) is 21.7 Å². The lowest BCUT2D eigenvalue weighted by atomic mass is 9.70. The number of carbonyl (C=O) groups excluding carboxylic acids is 2. The average Bonchev–Trinajstić information content (AvgIpc) is 2.66. The number of benzene rings is 1. The monoisotopic (exact) mass is 415 g/mol. The van der Waals surface area contributed by atoms with Crippen LogP contribution in [0.4, 0.5) is 10.6 Å². The fourth-order valence-corrected chi connectivity index (χ4v) is 4.56. The van der Waals surface area contributed by atoms with E-state index in [1.165, 1.54) is 5.56 Å². The van der Waals surface area contributed by atoms with Gasteiger partial charge in [-0.2, -0.15) is 0 Å². The van der Waals surface area contributed by atoms with Gasteiger partial charge in [0.2, 0.25) is 0 Å². The minimum absolute atomic E-state index is 0.118. The molecule has 2 aliphatic rings. The van der Waals surface area contributed by atoms with Gasteiger partial charge in [-0.3, -0.25) is 15.0 Å². The number of pyridine rings is 1. The Morgan fingerprint density at radius 3 is 2.45 bits per heavy atom. The van der Waals surface area contributed by atoms with Crippen LogP contribution in [0.5, 0.6) is 0 Å². The number of urea groups is 1. The zero-order valence-electron chi connectivity index (χ0n) is 18.8. The molecule has 31 heavy (non-hydrogen) atoms. The van der Waals surface area contributed by atoms with E-state index in [2.05, 4.69) is 55.3 Å². The van der Waals surface area contributed by atoms with Crippen LogP contribution in [0.2, 0.25) is 0 Å². The summed E-state index contributed by atoms with van der Waals surface area (Å²) in [6, 6.07) is 11.7. The summed E-state index contributed by atoms with van der Waals surface area (Å²) in [4.78, 5) is 32.6. The first-order valence-corrected chi connectivity index (χ1v) is 10.7. The molecule has 160 valence electrons. The van der Waals surface area contributed by atoms with E-state index in [4.69, 9.17) is 0 Å². The molecule has 0 bridgehead atoms. The normalized spacial score (nSPS) is 20.3. The molecule has 2 aromatic rings. The molecule has 5 heteroatoms. The third kappa shape index (κ3) is 4.18. The molecule has 1 atom stereocenters. The molecule has 5 nitrogen and oxygen atoms in total. The summed E-state index contributed by atoms with van der Waals surface area (Å²) in [6.45, 7) is 10.1. The maximum Gasteiger partial charge on any atom is 0.331 e. The Kier molecular flexibility index (Phi) is 5.29. The second kappa shape index (κ2) is 7.80. The molecule has 2 amide bonds. The van der Waals surface area contributed by atoms with Crippen molar-refractivity contribution in [2.45, 2.75) is 53.4 Å². The number of aryl methyl sites for hydroxylation is 2. The van der Waals surface area contributed by atoms with Gasteiger partial charge in [0.25, 0.3) is 0 Å². The lowest BCUT2D eigenvalue weighted by Gasteiger charge is -2.42.